The molecule has 0 fully saturated rings. The van der Waals surface area contributed by atoms with Gasteiger partial charge in [-0.1, -0.05) is 11.6 Å². The van der Waals surface area contributed by atoms with Crippen LogP contribution in [0.2, 0.25) is 5.02 Å². The Balaban J connectivity index is 2.56. The molecule has 0 bridgehead atoms. The van der Waals surface area contributed by atoms with E-state index in [1.165, 1.54) is 0 Å². The summed E-state index contributed by atoms with van der Waals surface area (Å²) >= 11 is 5.83. The summed E-state index contributed by atoms with van der Waals surface area (Å²) in [6.45, 7) is 0.685. The molecule has 0 saturated heterocycles. The molecular formula is C11H15ClN2O2. The Bertz CT molecular complexity index is 369. The number of hydrogen-bond donors (Lipinski definition) is 2. The van der Waals surface area contributed by atoms with Gasteiger partial charge < -0.3 is 15.8 Å². The Morgan fingerprint density at radius 2 is 2.31 bits per heavy atom. The van der Waals surface area contributed by atoms with Crippen LogP contribution in [0.15, 0.2) is 18.2 Å². The van der Waals surface area contributed by atoms with Crippen LogP contribution in [0, 0.1) is 0 Å². The first kappa shape index (κ1) is 12.8. The van der Waals surface area contributed by atoms with Crippen molar-refractivity contribution in [3.8, 4) is 5.75 Å². The number of rotatable bonds is 5. The van der Waals surface area contributed by atoms with E-state index in [1.54, 1.807) is 25.2 Å². The first-order chi connectivity index (χ1) is 7.67. The smallest absolute Gasteiger partial charge is 0.223 e. The zero-order chi connectivity index (χ0) is 12.0. The van der Waals surface area contributed by atoms with E-state index >= 15 is 0 Å². The molecular weight excluding hydrogens is 228 g/mol. The molecule has 0 radical (unpaired) electrons. The van der Waals surface area contributed by atoms with Gasteiger partial charge in [0.25, 0.3) is 0 Å². The predicted octanol–water partition coefficient (Wildman–Crippen LogP) is 1.31. The molecule has 0 spiro atoms. The molecule has 1 amide bonds. The van der Waals surface area contributed by atoms with Crippen LogP contribution < -0.4 is 15.8 Å². The Hall–Kier alpha value is -1.26. The van der Waals surface area contributed by atoms with Crippen LogP contribution in [-0.2, 0) is 11.3 Å². The Morgan fingerprint density at radius 1 is 1.56 bits per heavy atom. The zero-order valence-corrected chi connectivity index (χ0v) is 9.88. The number of benzene rings is 1. The van der Waals surface area contributed by atoms with E-state index in [0.717, 1.165) is 5.56 Å². The maximum absolute atomic E-state index is 11.0. The number of nitrogens with one attached hydrogen (secondary N) is 1. The van der Waals surface area contributed by atoms with E-state index in [2.05, 4.69) is 5.32 Å². The minimum Gasteiger partial charge on any atom is -0.493 e. The van der Waals surface area contributed by atoms with Gasteiger partial charge in [-0.05, 0) is 18.2 Å². The lowest BCUT2D eigenvalue weighted by atomic mass is 10.2. The lowest BCUT2D eigenvalue weighted by Gasteiger charge is -2.10. The molecule has 3 N–H and O–H groups in total. The first-order valence-corrected chi connectivity index (χ1v) is 5.37. The van der Waals surface area contributed by atoms with Crippen molar-refractivity contribution in [3.63, 3.8) is 0 Å². The molecule has 88 valence electrons. The van der Waals surface area contributed by atoms with Crippen LogP contribution in [0.25, 0.3) is 0 Å². The highest BCUT2D eigenvalue weighted by molar-refractivity contribution is 6.30. The summed E-state index contributed by atoms with van der Waals surface area (Å²) in [7, 11) is 1.59. The van der Waals surface area contributed by atoms with Crippen molar-refractivity contribution in [1.82, 2.24) is 5.32 Å². The SMILES string of the molecule is CNC(=O)CCOc1ccc(Cl)cc1CN. The van der Waals surface area contributed by atoms with Crippen LogP contribution >= 0.6 is 11.6 Å². The van der Waals surface area contributed by atoms with Gasteiger partial charge in [0.1, 0.15) is 5.75 Å². The molecule has 0 unspecified atom stereocenters. The average Bonchev–Trinajstić information content (AvgIpc) is 2.30. The van der Waals surface area contributed by atoms with Gasteiger partial charge >= 0.3 is 0 Å². The molecule has 0 aliphatic rings. The van der Waals surface area contributed by atoms with Crippen molar-refractivity contribution >= 4 is 17.5 Å². The summed E-state index contributed by atoms with van der Waals surface area (Å²) < 4.78 is 5.46. The van der Waals surface area contributed by atoms with Gasteiger partial charge in [-0.3, -0.25) is 4.79 Å². The second-order valence-corrected chi connectivity index (χ2v) is 3.66. The molecule has 0 saturated carbocycles. The predicted molar refractivity (Wildman–Crippen MR) is 63.5 cm³/mol. The van der Waals surface area contributed by atoms with Crippen molar-refractivity contribution in [2.24, 2.45) is 5.73 Å². The minimum absolute atomic E-state index is 0.0525. The molecule has 0 atom stereocenters. The van der Waals surface area contributed by atoms with Crippen LogP contribution in [0.5, 0.6) is 5.75 Å². The third-order valence-electron chi connectivity index (χ3n) is 2.11. The highest BCUT2D eigenvalue weighted by atomic mass is 35.5. The van der Waals surface area contributed by atoms with Crippen molar-refractivity contribution in [3.05, 3.63) is 28.8 Å². The Labute approximate surface area is 99.7 Å². The molecule has 0 aliphatic carbocycles. The van der Waals surface area contributed by atoms with Crippen LogP contribution in [0.4, 0.5) is 0 Å². The van der Waals surface area contributed by atoms with Gasteiger partial charge in [0.05, 0.1) is 13.0 Å². The minimum atomic E-state index is -0.0525. The summed E-state index contributed by atoms with van der Waals surface area (Å²) in [6.07, 6.45) is 0.323. The molecule has 16 heavy (non-hydrogen) atoms. The standard InChI is InChI=1S/C11H15ClN2O2/c1-14-11(15)4-5-16-10-3-2-9(12)6-8(10)7-13/h2-3,6H,4-5,7,13H2,1H3,(H,14,15). The van der Waals surface area contributed by atoms with E-state index in [1.807, 2.05) is 0 Å². The normalized spacial score (nSPS) is 9.94. The van der Waals surface area contributed by atoms with Gasteiger partial charge in [0.15, 0.2) is 0 Å². The third kappa shape index (κ3) is 3.72. The van der Waals surface area contributed by atoms with Gasteiger partial charge in [0.2, 0.25) is 5.91 Å². The van der Waals surface area contributed by atoms with E-state index in [0.29, 0.717) is 30.3 Å². The maximum atomic E-state index is 11.0. The van der Waals surface area contributed by atoms with E-state index < -0.39 is 0 Å². The van der Waals surface area contributed by atoms with Crippen LogP contribution in [0.3, 0.4) is 0 Å². The Kier molecular flexibility index (Phi) is 5.08. The van der Waals surface area contributed by atoms with Crippen molar-refractivity contribution < 1.29 is 9.53 Å². The van der Waals surface area contributed by atoms with Crippen LogP contribution in [0.1, 0.15) is 12.0 Å². The van der Waals surface area contributed by atoms with Gasteiger partial charge in [0, 0.05) is 24.2 Å². The van der Waals surface area contributed by atoms with Crippen molar-refractivity contribution in [2.45, 2.75) is 13.0 Å². The molecule has 0 aliphatic heterocycles. The quantitative estimate of drug-likeness (QED) is 0.819. The van der Waals surface area contributed by atoms with E-state index in [-0.39, 0.29) is 5.91 Å². The molecule has 5 heteroatoms. The number of ether oxygens (including phenoxy) is 1. The number of amides is 1. The number of carbonyl (C=O) groups is 1. The van der Waals surface area contributed by atoms with Crippen molar-refractivity contribution in [1.29, 1.82) is 0 Å². The zero-order valence-electron chi connectivity index (χ0n) is 9.13. The average molecular weight is 243 g/mol. The number of halogens is 1. The number of hydrogen-bond acceptors (Lipinski definition) is 3. The molecule has 0 heterocycles. The van der Waals surface area contributed by atoms with E-state index in [9.17, 15) is 4.79 Å². The summed E-state index contributed by atoms with van der Waals surface area (Å²) in [4.78, 5) is 11.0. The molecule has 0 aromatic heterocycles. The first-order valence-electron chi connectivity index (χ1n) is 4.99. The molecule has 1 rings (SSSR count). The highest BCUT2D eigenvalue weighted by Crippen LogP contribution is 2.22. The summed E-state index contributed by atoms with van der Waals surface area (Å²) in [5, 5.41) is 3.15. The van der Waals surface area contributed by atoms with Gasteiger partial charge in [-0.25, -0.2) is 0 Å². The fourth-order valence-electron chi connectivity index (χ4n) is 1.23. The summed E-state index contributed by atoms with van der Waals surface area (Å²) in [6, 6.07) is 5.25. The van der Waals surface area contributed by atoms with Gasteiger partial charge in [-0.15, -0.1) is 0 Å². The molecule has 1 aromatic carbocycles. The molecule has 4 nitrogen and oxygen atoms in total. The number of carbonyl (C=O) groups excluding carboxylic acids is 1. The van der Waals surface area contributed by atoms with E-state index in [4.69, 9.17) is 22.1 Å². The van der Waals surface area contributed by atoms with Gasteiger partial charge in [-0.2, -0.15) is 0 Å². The monoisotopic (exact) mass is 242 g/mol. The Morgan fingerprint density at radius 3 is 2.94 bits per heavy atom. The third-order valence-corrected chi connectivity index (χ3v) is 2.34. The second-order valence-electron chi connectivity index (χ2n) is 3.23. The summed E-state index contributed by atoms with van der Waals surface area (Å²) in [5.74, 6) is 0.624. The number of nitrogens with two attached hydrogens (primary N) is 1. The summed E-state index contributed by atoms with van der Waals surface area (Å²) in [5.41, 5.74) is 6.40. The largest absolute Gasteiger partial charge is 0.493 e. The maximum Gasteiger partial charge on any atom is 0.223 e. The van der Waals surface area contributed by atoms with Crippen LogP contribution in [-0.4, -0.2) is 19.6 Å². The highest BCUT2D eigenvalue weighted by Gasteiger charge is 2.04. The van der Waals surface area contributed by atoms with Crippen molar-refractivity contribution in [2.75, 3.05) is 13.7 Å². The fourth-order valence-corrected chi connectivity index (χ4v) is 1.42. The second kappa shape index (κ2) is 6.35. The lowest BCUT2D eigenvalue weighted by molar-refractivity contribution is -0.121. The molecule has 1 aromatic rings. The topological polar surface area (TPSA) is 64.3 Å². The lowest BCUT2D eigenvalue weighted by Crippen LogP contribution is -2.20. The fraction of sp³-hybridized carbons (Fsp3) is 0.364.